The largest absolute Gasteiger partial charge is 0.257 e. The summed E-state index contributed by atoms with van der Waals surface area (Å²) in [4.78, 5) is 12.6. The molecule has 1 fully saturated rings. The summed E-state index contributed by atoms with van der Waals surface area (Å²) in [6, 6.07) is 3.99. The molecule has 0 amide bonds. The van der Waals surface area contributed by atoms with Gasteiger partial charge in [0.05, 0.1) is 11.9 Å². The summed E-state index contributed by atoms with van der Waals surface area (Å²) in [5.41, 5.74) is 5.54. The topological polar surface area (TPSA) is 38.1 Å². The van der Waals surface area contributed by atoms with Crippen molar-refractivity contribution in [3.8, 4) is 11.3 Å². The first kappa shape index (κ1) is 14.8. The fourth-order valence-electron chi connectivity index (χ4n) is 4.06. The predicted octanol–water partition coefficient (Wildman–Crippen LogP) is 5.16. The number of benzene rings is 1. The summed E-state index contributed by atoms with van der Waals surface area (Å²) in [6.07, 6.45) is 5.78. The number of hydrogen-bond donors (Lipinski definition) is 0. The quantitative estimate of drug-likeness (QED) is 0.677. The molecule has 0 bridgehead atoms. The van der Waals surface area contributed by atoms with E-state index < -0.39 is 5.82 Å². The van der Waals surface area contributed by atoms with Crippen molar-refractivity contribution in [2.24, 2.45) is 4.99 Å². The normalized spacial score (nSPS) is 18.3. The molecule has 0 radical (unpaired) electrons. The van der Waals surface area contributed by atoms with E-state index >= 15 is 0 Å². The summed E-state index contributed by atoms with van der Waals surface area (Å²) in [5.74, 6) is -0.454. The van der Waals surface area contributed by atoms with E-state index in [9.17, 15) is 4.39 Å². The Morgan fingerprint density at radius 3 is 2.65 bits per heavy atom. The number of aryl methyl sites for hydroxylation is 1. The zero-order valence-corrected chi connectivity index (χ0v) is 13.9. The van der Waals surface area contributed by atoms with E-state index in [4.69, 9.17) is 16.6 Å². The zero-order chi connectivity index (χ0) is 16.2. The fraction of sp³-hybridized carbons (Fsp3) is 0.389. The SMILES string of the molecule is CC1=Nc2c(C)cc(-c3nc(Cl)ncc3F)cc2C12CCCC2. The molecule has 4 rings (SSSR count). The van der Waals surface area contributed by atoms with Gasteiger partial charge < -0.3 is 0 Å². The van der Waals surface area contributed by atoms with Crippen LogP contribution in [0.2, 0.25) is 5.28 Å². The van der Waals surface area contributed by atoms with Crippen molar-refractivity contribution in [3.63, 3.8) is 0 Å². The molecule has 3 nitrogen and oxygen atoms in total. The minimum absolute atomic E-state index is 0.0312. The minimum atomic E-state index is -0.454. The summed E-state index contributed by atoms with van der Waals surface area (Å²) in [7, 11) is 0. The van der Waals surface area contributed by atoms with Crippen LogP contribution in [0.15, 0.2) is 23.3 Å². The molecule has 1 spiro atoms. The van der Waals surface area contributed by atoms with E-state index in [1.807, 2.05) is 13.0 Å². The molecule has 1 saturated carbocycles. The Kier molecular flexibility index (Phi) is 3.27. The van der Waals surface area contributed by atoms with Crippen LogP contribution in [0.5, 0.6) is 0 Å². The molecule has 0 atom stereocenters. The van der Waals surface area contributed by atoms with Crippen LogP contribution in [0.1, 0.15) is 43.7 Å². The molecule has 2 aliphatic rings. The van der Waals surface area contributed by atoms with Crippen LogP contribution in [0, 0.1) is 12.7 Å². The highest BCUT2D eigenvalue weighted by Gasteiger charge is 2.44. The first-order valence-corrected chi connectivity index (χ1v) is 8.28. The van der Waals surface area contributed by atoms with Gasteiger partial charge in [-0.05, 0) is 61.5 Å². The van der Waals surface area contributed by atoms with E-state index in [-0.39, 0.29) is 16.4 Å². The van der Waals surface area contributed by atoms with Gasteiger partial charge in [-0.2, -0.15) is 0 Å². The fourth-order valence-corrected chi connectivity index (χ4v) is 4.19. The van der Waals surface area contributed by atoms with Gasteiger partial charge in [-0.3, -0.25) is 4.99 Å². The average Bonchev–Trinajstić information content (AvgIpc) is 3.11. The Balaban J connectivity index is 1.93. The smallest absolute Gasteiger partial charge is 0.223 e. The lowest BCUT2D eigenvalue weighted by atomic mass is 9.75. The number of halogens is 2. The zero-order valence-electron chi connectivity index (χ0n) is 13.2. The molecule has 0 N–H and O–H groups in total. The Labute approximate surface area is 139 Å². The first-order valence-electron chi connectivity index (χ1n) is 7.90. The Bertz CT molecular complexity index is 838. The van der Waals surface area contributed by atoms with Crippen molar-refractivity contribution in [3.05, 3.63) is 40.6 Å². The van der Waals surface area contributed by atoms with Crippen LogP contribution in [0.3, 0.4) is 0 Å². The van der Waals surface area contributed by atoms with Gasteiger partial charge in [-0.25, -0.2) is 14.4 Å². The lowest BCUT2D eigenvalue weighted by Gasteiger charge is -2.26. The molecule has 5 heteroatoms. The highest BCUT2D eigenvalue weighted by Crippen LogP contribution is 2.52. The third-order valence-corrected chi connectivity index (χ3v) is 5.42. The molecule has 23 heavy (non-hydrogen) atoms. The van der Waals surface area contributed by atoms with Gasteiger partial charge in [-0.1, -0.05) is 12.8 Å². The second kappa shape index (κ2) is 5.10. The Hall–Kier alpha value is -1.81. The number of aromatic nitrogens is 2. The molecule has 0 unspecified atom stereocenters. The average molecular weight is 330 g/mol. The third-order valence-electron chi connectivity index (χ3n) is 5.23. The number of hydrogen-bond acceptors (Lipinski definition) is 3. The van der Waals surface area contributed by atoms with Gasteiger partial charge in [0.25, 0.3) is 0 Å². The number of fused-ring (bicyclic) bond motifs is 2. The van der Waals surface area contributed by atoms with Gasteiger partial charge in [0.1, 0.15) is 5.69 Å². The van der Waals surface area contributed by atoms with E-state index in [0.717, 1.165) is 35.9 Å². The molecule has 1 aliphatic carbocycles. The summed E-state index contributed by atoms with van der Waals surface area (Å²) < 4.78 is 14.2. The number of aliphatic imine (C=N–C) groups is 1. The van der Waals surface area contributed by atoms with Crippen molar-refractivity contribution in [2.75, 3.05) is 0 Å². The van der Waals surface area contributed by atoms with Crippen LogP contribution in [-0.2, 0) is 5.41 Å². The van der Waals surface area contributed by atoms with Crippen LogP contribution >= 0.6 is 11.6 Å². The third kappa shape index (κ3) is 2.12. The Morgan fingerprint density at radius 1 is 1.17 bits per heavy atom. The van der Waals surface area contributed by atoms with Crippen molar-refractivity contribution in [2.45, 2.75) is 44.9 Å². The maximum Gasteiger partial charge on any atom is 0.223 e. The summed E-state index contributed by atoms with van der Waals surface area (Å²) >= 11 is 5.86. The van der Waals surface area contributed by atoms with Crippen molar-refractivity contribution in [1.82, 2.24) is 9.97 Å². The van der Waals surface area contributed by atoms with Crippen molar-refractivity contribution in [1.29, 1.82) is 0 Å². The molecule has 118 valence electrons. The number of rotatable bonds is 1. The molecule has 1 aromatic carbocycles. The molecular weight excluding hydrogens is 313 g/mol. The highest BCUT2D eigenvalue weighted by atomic mass is 35.5. The molecule has 0 saturated heterocycles. The molecule has 1 aromatic heterocycles. The van der Waals surface area contributed by atoms with E-state index in [2.05, 4.69) is 23.0 Å². The number of nitrogens with zero attached hydrogens (tertiary/aromatic N) is 3. The van der Waals surface area contributed by atoms with Gasteiger partial charge >= 0.3 is 0 Å². The monoisotopic (exact) mass is 329 g/mol. The molecule has 2 heterocycles. The molecule has 2 aromatic rings. The second-order valence-corrected chi connectivity index (χ2v) is 6.85. The highest BCUT2D eigenvalue weighted by molar-refractivity contribution is 6.28. The van der Waals surface area contributed by atoms with E-state index in [0.29, 0.717) is 0 Å². The van der Waals surface area contributed by atoms with Crippen LogP contribution < -0.4 is 0 Å². The van der Waals surface area contributed by atoms with Gasteiger partial charge in [-0.15, -0.1) is 0 Å². The first-order chi connectivity index (χ1) is 11.0. The molecule has 1 aliphatic heterocycles. The van der Waals surface area contributed by atoms with Crippen LogP contribution in [-0.4, -0.2) is 15.7 Å². The van der Waals surface area contributed by atoms with Gasteiger partial charge in [0.15, 0.2) is 5.82 Å². The van der Waals surface area contributed by atoms with Crippen LogP contribution in [0.25, 0.3) is 11.3 Å². The molecular formula is C18H17ClFN3. The van der Waals surface area contributed by atoms with Crippen LogP contribution in [0.4, 0.5) is 10.1 Å². The standard InChI is InChI=1S/C18H17ClFN3/c1-10-7-12(16-14(20)9-21-17(19)23-16)8-13-15(10)22-11(2)18(13)5-3-4-6-18/h7-9H,3-6H2,1-2H3. The maximum absolute atomic E-state index is 14.2. The lowest BCUT2D eigenvalue weighted by molar-refractivity contribution is 0.608. The van der Waals surface area contributed by atoms with Gasteiger partial charge in [0.2, 0.25) is 5.28 Å². The van der Waals surface area contributed by atoms with E-state index in [1.54, 1.807) is 0 Å². The Morgan fingerprint density at radius 2 is 1.91 bits per heavy atom. The van der Waals surface area contributed by atoms with Crippen molar-refractivity contribution >= 4 is 23.0 Å². The van der Waals surface area contributed by atoms with E-state index in [1.165, 1.54) is 24.1 Å². The lowest BCUT2D eigenvalue weighted by Crippen LogP contribution is -2.27. The van der Waals surface area contributed by atoms with Crippen molar-refractivity contribution < 1.29 is 4.39 Å². The summed E-state index contributed by atoms with van der Waals surface area (Å²) in [5, 5.41) is 0.0579. The predicted molar refractivity (Wildman–Crippen MR) is 90.1 cm³/mol. The maximum atomic E-state index is 14.2. The summed E-state index contributed by atoms with van der Waals surface area (Å²) in [6.45, 7) is 4.14. The minimum Gasteiger partial charge on any atom is -0.257 e. The second-order valence-electron chi connectivity index (χ2n) is 6.51. The van der Waals surface area contributed by atoms with Gasteiger partial charge in [0, 0.05) is 16.7 Å².